The molecule has 0 radical (unpaired) electrons. The first-order valence-corrected chi connectivity index (χ1v) is 4.74. The molecule has 0 bridgehead atoms. The summed E-state index contributed by atoms with van der Waals surface area (Å²) in [4.78, 5) is 22.2. The van der Waals surface area contributed by atoms with Gasteiger partial charge >= 0.3 is 5.97 Å². The number of carbonyl (C=O) groups excluding carboxylic acids is 1. The third-order valence-corrected chi connectivity index (χ3v) is 2.22. The number of rotatable bonds is 4. The molecule has 0 saturated carbocycles. The van der Waals surface area contributed by atoms with Crippen LogP contribution in [-0.4, -0.2) is 23.4 Å². The van der Waals surface area contributed by atoms with Gasteiger partial charge in [-0.15, -0.1) is 0 Å². The number of benzene rings is 1. The van der Waals surface area contributed by atoms with Gasteiger partial charge in [0.2, 0.25) is 0 Å². The summed E-state index contributed by atoms with van der Waals surface area (Å²) in [6.45, 7) is 1.73. The average molecular weight is 225 g/mol. The fourth-order valence-electron chi connectivity index (χ4n) is 1.40. The van der Waals surface area contributed by atoms with E-state index in [9.17, 15) is 14.0 Å². The highest BCUT2D eigenvalue weighted by molar-refractivity contribution is 6.00. The van der Waals surface area contributed by atoms with E-state index < -0.39 is 17.3 Å². The van der Waals surface area contributed by atoms with E-state index in [0.717, 1.165) is 12.1 Å². The van der Waals surface area contributed by atoms with Crippen LogP contribution in [0.25, 0.3) is 0 Å². The summed E-state index contributed by atoms with van der Waals surface area (Å²) in [5, 5.41) is 8.72. The summed E-state index contributed by atoms with van der Waals surface area (Å²) >= 11 is 0. The fraction of sp³-hybridized carbons (Fsp3) is 0.273. The quantitative estimate of drug-likeness (QED) is 0.758. The van der Waals surface area contributed by atoms with Crippen molar-refractivity contribution in [2.24, 2.45) is 5.73 Å². The van der Waals surface area contributed by atoms with Gasteiger partial charge in [0.1, 0.15) is 5.82 Å². The van der Waals surface area contributed by atoms with Gasteiger partial charge in [-0.05, 0) is 31.2 Å². The van der Waals surface area contributed by atoms with Gasteiger partial charge in [-0.1, -0.05) is 0 Å². The molecule has 0 spiro atoms. The Morgan fingerprint density at radius 1 is 1.38 bits per heavy atom. The van der Waals surface area contributed by atoms with Crippen molar-refractivity contribution in [3.05, 3.63) is 34.6 Å². The monoisotopic (exact) mass is 225 g/mol. The molecule has 0 amide bonds. The number of carbonyl (C=O) groups is 2. The zero-order valence-corrected chi connectivity index (χ0v) is 8.79. The molecule has 0 fully saturated rings. The Labute approximate surface area is 91.9 Å². The molecular weight excluding hydrogens is 213 g/mol. The number of Topliss-reactive ketones (excluding diaryl/α,β-unsaturated/α-hetero) is 1. The minimum Gasteiger partial charge on any atom is -0.478 e. The maximum atomic E-state index is 13.2. The molecule has 0 aliphatic carbocycles. The van der Waals surface area contributed by atoms with Crippen LogP contribution in [0.2, 0.25) is 0 Å². The van der Waals surface area contributed by atoms with Crippen molar-refractivity contribution in [1.82, 2.24) is 0 Å². The minimum absolute atomic E-state index is 0.117. The summed E-state index contributed by atoms with van der Waals surface area (Å²) in [6.07, 6.45) is 0.117. The lowest BCUT2D eigenvalue weighted by Crippen LogP contribution is -2.12. The molecule has 3 N–H and O–H groups in total. The Morgan fingerprint density at radius 2 is 2.00 bits per heavy atom. The molecule has 0 saturated heterocycles. The van der Waals surface area contributed by atoms with Crippen LogP contribution >= 0.6 is 0 Å². The topological polar surface area (TPSA) is 80.4 Å². The van der Waals surface area contributed by atoms with Crippen LogP contribution in [0.4, 0.5) is 4.39 Å². The predicted octanol–water partition coefficient (Wildman–Crippen LogP) is 1.36. The van der Waals surface area contributed by atoms with Crippen LogP contribution in [0.5, 0.6) is 0 Å². The number of carboxylic acid groups (broad SMARTS) is 1. The van der Waals surface area contributed by atoms with Crippen LogP contribution in [0.3, 0.4) is 0 Å². The first-order valence-electron chi connectivity index (χ1n) is 4.74. The number of aromatic carboxylic acids is 1. The van der Waals surface area contributed by atoms with E-state index in [-0.39, 0.29) is 24.3 Å². The van der Waals surface area contributed by atoms with E-state index in [4.69, 9.17) is 10.8 Å². The molecule has 4 nitrogen and oxygen atoms in total. The number of nitrogens with two attached hydrogens (primary N) is 1. The molecule has 16 heavy (non-hydrogen) atoms. The van der Waals surface area contributed by atoms with Crippen LogP contribution in [-0.2, 0) is 0 Å². The van der Waals surface area contributed by atoms with E-state index >= 15 is 0 Å². The summed E-state index contributed by atoms with van der Waals surface area (Å²) < 4.78 is 13.2. The first kappa shape index (κ1) is 12.3. The van der Waals surface area contributed by atoms with Crippen LogP contribution in [0.15, 0.2) is 12.1 Å². The van der Waals surface area contributed by atoms with Crippen LogP contribution in [0, 0.1) is 12.7 Å². The average Bonchev–Trinajstić information content (AvgIpc) is 2.17. The number of hydrogen-bond donors (Lipinski definition) is 2. The zero-order chi connectivity index (χ0) is 12.3. The van der Waals surface area contributed by atoms with Gasteiger partial charge in [0.05, 0.1) is 5.56 Å². The molecule has 1 aromatic rings. The van der Waals surface area contributed by atoms with Gasteiger partial charge in [-0.25, -0.2) is 9.18 Å². The second-order valence-corrected chi connectivity index (χ2v) is 3.41. The lowest BCUT2D eigenvalue weighted by atomic mass is 9.99. The van der Waals surface area contributed by atoms with E-state index in [0.29, 0.717) is 5.56 Å². The fourth-order valence-corrected chi connectivity index (χ4v) is 1.40. The Morgan fingerprint density at radius 3 is 2.50 bits per heavy atom. The Bertz CT molecular complexity index is 443. The minimum atomic E-state index is -1.39. The molecule has 0 aliphatic heterocycles. The molecule has 0 unspecified atom stereocenters. The molecule has 86 valence electrons. The highest BCUT2D eigenvalue weighted by atomic mass is 19.1. The van der Waals surface area contributed by atoms with Crippen LogP contribution in [0.1, 0.15) is 32.7 Å². The van der Waals surface area contributed by atoms with Gasteiger partial charge in [0.25, 0.3) is 0 Å². The SMILES string of the molecule is Cc1cc(F)c(C(=O)O)cc1C(=O)CCN. The van der Waals surface area contributed by atoms with Crippen LogP contribution < -0.4 is 5.73 Å². The second kappa shape index (κ2) is 4.85. The molecule has 1 rings (SSSR count). The van der Waals surface area contributed by atoms with E-state index in [1.54, 1.807) is 6.92 Å². The van der Waals surface area contributed by atoms with Gasteiger partial charge in [-0.2, -0.15) is 0 Å². The molecular formula is C11H12FNO3. The Hall–Kier alpha value is -1.75. The van der Waals surface area contributed by atoms with E-state index in [1.807, 2.05) is 0 Å². The predicted molar refractivity (Wildman–Crippen MR) is 56.1 cm³/mol. The van der Waals surface area contributed by atoms with Gasteiger partial charge in [0.15, 0.2) is 5.78 Å². The summed E-state index contributed by atoms with van der Waals surface area (Å²) in [6, 6.07) is 2.11. The molecule has 0 atom stereocenters. The molecule has 1 aromatic carbocycles. The standard InChI is InChI=1S/C11H12FNO3/c1-6-4-9(12)8(11(15)16)5-7(6)10(14)2-3-13/h4-5H,2-3,13H2,1H3,(H,15,16). The molecule has 0 aromatic heterocycles. The van der Waals surface area contributed by atoms with E-state index in [1.165, 1.54) is 0 Å². The number of halogens is 1. The van der Waals surface area contributed by atoms with E-state index in [2.05, 4.69) is 0 Å². The normalized spacial score (nSPS) is 10.2. The highest BCUT2D eigenvalue weighted by Crippen LogP contribution is 2.17. The summed E-state index contributed by atoms with van der Waals surface area (Å²) in [5.74, 6) is -2.50. The summed E-state index contributed by atoms with van der Waals surface area (Å²) in [7, 11) is 0. The van der Waals surface area contributed by atoms with Crippen molar-refractivity contribution in [2.75, 3.05) is 6.54 Å². The number of carboxylic acids is 1. The van der Waals surface area contributed by atoms with Crippen molar-refractivity contribution in [2.45, 2.75) is 13.3 Å². The third-order valence-electron chi connectivity index (χ3n) is 2.22. The lowest BCUT2D eigenvalue weighted by Gasteiger charge is -2.06. The zero-order valence-electron chi connectivity index (χ0n) is 8.79. The van der Waals surface area contributed by atoms with Crippen molar-refractivity contribution in [3.8, 4) is 0 Å². The lowest BCUT2D eigenvalue weighted by molar-refractivity contribution is 0.0692. The number of aryl methyl sites for hydroxylation is 1. The second-order valence-electron chi connectivity index (χ2n) is 3.41. The molecule has 0 aliphatic rings. The number of hydrogen-bond acceptors (Lipinski definition) is 3. The van der Waals surface area contributed by atoms with Crippen molar-refractivity contribution in [3.63, 3.8) is 0 Å². The Kier molecular flexibility index (Phi) is 3.73. The maximum Gasteiger partial charge on any atom is 0.338 e. The maximum absolute atomic E-state index is 13.2. The first-order chi connectivity index (χ1) is 7.47. The van der Waals surface area contributed by atoms with Gasteiger partial charge in [-0.3, -0.25) is 4.79 Å². The third kappa shape index (κ3) is 2.43. The smallest absolute Gasteiger partial charge is 0.338 e. The number of ketones is 1. The Balaban J connectivity index is 3.24. The largest absolute Gasteiger partial charge is 0.478 e. The summed E-state index contributed by atoms with van der Waals surface area (Å²) in [5.41, 5.74) is 5.37. The van der Waals surface area contributed by atoms with Gasteiger partial charge < -0.3 is 10.8 Å². The van der Waals surface area contributed by atoms with Crippen molar-refractivity contribution in [1.29, 1.82) is 0 Å². The molecule has 0 heterocycles. The molecule has 5 heteroatoms. The van der Waals surface area contributed by atoms with Crippen molar-refractivity contribution >= 4 is 11.8 Å². The van der Waals surface area contributed by atoms with Crippen molar-refractivity contribution < 1.29 is 19.1 Å². The highest BCUT2D eigenvalue weighted by Gasteiger charge is 2.16. The van der Waals surface area contributed by atoms with Gasteiger partial charge in [0, 0.05) is 12.0 Å².